The molecule has 0 fully saturated rings. The lowest BCUT2D eigenvalue weighted by Crippen LogP contribution is -2.12. The Morgan fingerprint density at radius 1 is 1.00 bits per heavy atom. The molecule has 0 atom stereocenters. The van der Waals surface area contributed by atoms with Crippen molar-refractivity contribution in [3.63, 3.8) is 0 Å². The third kappa shape index (κ3) is 2.74. The number of hydrogen-bond acceptors (Lipinski definition) is 4. The first-order chi connectivity index (χ1) is 10.3. The molecule has 4 nitrogen and oxygen atoms in total. The second-order valence-corrected chi connectivity index (χ2v) is 4.62. The van der Waals surface area contributed by atoms with Gasteiger partial charge in [0, 0.05) is 6.42 Å². The van der Waals surface area contributed by atoms with Gasteiger partial charge in [-0.25, -0.2) is 4.79 Å². The van der Waals surface area contributed by atoms with E-state index in [2.05, 4.69) is 0 Å². The van der Waals surface area contributed by atoms with E-state index in [1.54, 1.807) is 24.3 Å². The Bertz CT molecular complexity index is 806. The summed E-state index contributed by atoms with van der Waals surface area (Å²) in [4.78, 5) is 11.9. The molecule has 3 aromatic rings. The van der Waals surface area contributed by atoms with Gasteiger partial charge in [-0.1, -0.05) is 30.3 Å². The van der Waals surface area contributed by atoms with Crippen molar-refractivity contribution < 1.29 is 14.3 Å². The van der Waals surface area contributed by atoms with Crippen LogP contribution in [0.1, 0.15) is 5.56 Å². The van der Waals surface area contributed by atoms with Crippen molar-refractivity contribution in [2.75, 3.05) is 6.61 Å². The zero-order valence-electron chi connectivity index (χ0n) is 11.3. The topological polar surface area (TPSA) is 59.7 Å². The van der Waals surface area contributed by atoms with Crippen molar-refractivity contribution in [3.8, 4) is 11.5 Å². The Morgan fingerprint density at radius 2 is 1.71 bits per heavy atom. The molecule has 0 radical (unpaired) electrons. The number of ether oxygens (including phenoxy) is 1. The van der Waals surface area contributed by atoms with E-state index in [-0.39, 0.29) is 17.7 Å². The molecular formula is C17H14O4. The zero-order chi connectivity index (χ0) is 14.7. The molecule has 2 aromatic carbocycles. The van der Waals surface area contributed by atoms with Crippen LogP contribution in [0.4, 0.5) is 0 Å². The number of aromatic hydroxyl groups is 1. The van der Waals surface area contributed by atoms with E-state index in [1.807, 2.05) is 30.3 Å². The average molecular weight is 282 g/mol. The number of hydrogen-bond donors (Lipinski definition) is 1. The minimum Gasteiger partial charge on any atom is -0.507 e. The van der Waals surface area contributed by atoms with Gasteiger partial charge in [0.15, 0.2) is 0 Å². The van der Waals surface area contributed by atoms with Crippen molar-refractivity contribution in [3.05, 3.63) is 70.6 Å². The second kappa shape index (κ2) is 5.71. The van der Waals surface area contributed by atoms with Gasteiger partial charge in [-0.15, -0.1) is 0 Å². The molecule has 1 heterocycles. The maximum atomic E-state index is 11.9. The lowest BCUT2D eigenvalue weighted by atomic mass is 10.1. The SMILES string of the molecule is O=c1oc2ccccc2c(O)c1CCOc1ccccc1. The van der Waals surface area contributed by atoms with Crippen molar-refractivity contribution in [1.29, 1.82) is 0 Å². The first-order valence-electron chi connectivity index (χ1n) is 6.67. The number of fused-ring (bicyclic) bond motifs is 1. The fourth-order valence-corrected chi connectivity index (χ4v) is 2.18. The normalized spacial score (nSPS) is 10.7. The van der Waals surface area contributed by atoms with Gasteiger partial charge >= 0.3 is 5.63 Å². The first-order valence-corrected chi connectivity index (χ1v) is 6.67. The minimum absolute atomic E-state index is 0.0292. The van der Waals surface area contributed by atoms with Crippen LogP contribution in [0.5, 0.6) is 11.5 Å². The van der Waals surface area contributed by atoms with Crippen LogP contribution in [0.15, 0.2) is 63.8 Å². The summed E-state index contributed by atoms with van der Waals surface area (Å²) in [7, 11) is 0. The number of rotatable bonds is 4. The van der Waals surface area contributed by atoms with Gasteiger partial charge in [-0.05, 0) is 24.3 Å². The fourth-order valence-electron chi connectivity index (χ4n) is 2.18. The number of para-hydroxylation sites is 2. The summed E-state index contributed by atoms with van der Waals surface area (Å²) in [5, 5.41) is 10.7. The largest absolute Gasteiger partial charge is 0.507 e. The Hall–Kier alpha value is -2.75. The quantitative estimate of drug-likeness (QED) is 0.747. The van der Waals surface area contributed by atoms with Gasteiger partial charge in [-0.2, -0.15) is 0 Å². The van der Waals surface area contributed by atoms with E-state index in [1.165, 1.54) is 0 Å². The molecule has 0 aliphatic rings. The van der Waals surface area contributed by atoms with E-state index in [9.17, 15) is 9.90 Å². The molecule has 106 valence electrons. The van der Waals surface area contributed by atoms with Gasteiger partial charge in [0.05, 0.1) is 17.6 Å². The fraction of sp³-hybridized carbons (Fsp3) is 0.118. The van der Waals surface area contributed by atoms with Gasteiger partial charge in [0.1, 0.15) is 17.1 Å². The molecule has 0 bridgehead atoms. The van der Waals surface area contributed by atoms with Crippen molar-refractivity contribution in [2.45, 2.75) is 6.42 Å². The Kier molecular flexibility index (Phi) is 3.60. The molecule has 0 amide bonds. The summed E-state index contributed by atoms with van der Waals surface area (Å²) in [5.74, 6) is 0.695. The van der Waals surface area contributed by atoms with Gasteiger partial charge in [0.25, 0.3) is 0 Å². The lowest BCUT2D eigenvalue weighted by Gasteiger charge is -2.08. The van der Waals surface area contributed by atoms with Crippen molar-refractivity contribution in [1.82, 2.24) is 0 Å². The van der Waals surface area contributed by atoms with E-state index < -0.39 is 5.63 Å². The highest BCUT2D eigenvalue weighted by Crippen LogP contribution is 2.26. The summed E-state index contributed by atoms with van der Waals surface area (Å²) < 4.78 is 10.7. The molecule has 0 saturated carbocycles. The van der Waals surface area contributed by atoms with Gasteiger partial charge < -0.3 is 14.3 Å². The molecule has 21 heavy (non-hydrogen) atoms. The lowest BCUT2D eigenvalue weighted by molar-refractivity contribution is 0.317. The van der Waals surface area contributed by atoms with Crippen LogP contribution in [0.3, 0.4) is 0 Å². The summed E-state index contributed by atoms with van der Waals surface area (Å²) >= 11 is 0. The zero-order valence-corrected chi connectivity index (χ0v) is 11.3. The molecule has 0 aliphatic carbocycles. The average Bonchev–Trinajstić information content (AvgIpc) is 2.51. The third-order valence-corrected chi connectivity index (χ3v) is 3.24. The number of benzene rings is 2. The maximum Gasteiger partial charge on any atom is 0.343 e. The van der Waals surface area contributed by atoms with Crippen LogP contribution in [0.25, 0.3) is 11.0 Å². The minimum atomic E-state index is -0.525. The van der Waals surface area contributed by atoms with Crippen LogP contribution in [0.2, 0.25) is 0 Å². The van der Waals surface area contributed by atoms with Crippen LogP contribution in [-0.2, 0) is 6.42 Å². The van der Waals surface area contributed by atoms with Crippen LogP contribution < -0.4 is 10.4 Å². The van der Waals surface area contributed by atoms with Crippen molar-refractivity contribution in [2.24, 2.45) is 0 Å². The summed E-state index contributed by atoms with van der Waals surface area (Å²) in [6.07, 6.45) is 0.286. The molecule has 1 N–H and O–H groups in total. The Labute approximate surface area is 121 Å². The third-order valence-electron chi connectivity index (χ3n) is 3.24. The van der Waals surface area contributed by atoms with E-state index in [0.717, 1.165) is 5.75 Å². The van der Waals surface area contributed by atoms with E-state index in [4.69, 9.17) is 9.15 Å². The Morgan fingerprint density at radius 3 is 2.52 bits per heavy atom. The molecule has 0 saturated heterocycles. The smallest absolute Gasteiger partial charge is 0.343 e. The predicted octanol–water partition coefficient (Wildman–Crippen LogP) is 3.12. The highest BCUT2D eigenvalue weighted by molar-refractivity contribution is 5.83. The highest BCUT2D eigenvalue weighted by atomic mass is 16.5. The van der Waals surface area contributed by atoms with Gasteiger partial charge in [0.2, 0.25) is 0 Å². The standard InChI is InChI=1S/C17H14O4/c18-16-13-8-4-5-9-15(13)21-17(19)14(16)10-11-20-12-6-2-1-3-7-12/h1-9,18H,10-11H2. The van der Waals surface area contributed by atoms with Crippen LogP contribution >= 0.6 is 0 Å². The second-order valence-electron chi connectivity index (χ2n) is 4.62. The molecule has 0 unspecified atom stereocenters. The molecule has 0 aliphatic heterocycles. The molecular weight excluding hydrogens is 268 g/mol. The van der Waals surface area contributed by atoms with Gasteiger partial charge in [-0.3, -0.25) is 0 Å². The summed E-state index contributed by atoms with van der Waals surface area (Å²) in [6.45, 7) is 0.292. The maximum absolute atomic E-state index is 11.9. The molecule has 0 spiro atoms. The monoisotopic (exact) mass is 282 g/mol. The summed E-state index contributed by atoms with van der Waals surface area (Å²) in [5.41, 5.74) is 0.0974. The van der Waals surface area contributed by atoms with Crippen LogP contribution in [0, 0.1) is 0 Å². The first kappa shape index (κ1) is 13.2. The van der Waals surface area contributed by atoms with Crippen LogP contribution in [-0.4, -0.2) is 11.7 Å². The highest BCUT2D eigenvalue weighted by Gasteiger charge is 2.13. The Balaban J connectivity index is 1.82. The molecule has 4 heteroatoms. The molecule has 1 aromatic heterocycles. The molecule has 3 rings (SSSR count). The summed E-state index contributed by atoms with van der Waals surface area (Å²) in [6, 6.07) is 16.2. The van der Waals surface area contributed by atoms with Crippen molar-refractivity contribution >= 4 is 11.0 Å². The van der Waals surface area contributed by atoms with E-state index >= 15 is 0 Å². The predicted molar refractivity (Wildman–Crippen MR) is 79.8 cm³/mol. The van der Waals surface area contributed by atoms with E-state index in [0.29, 0.717) is 17.6 Å².